The number of benzene rings is 1. The SMILES string of the molecule is CS/C=C\CCCC1CCCC2=Cc3c(cnn3-c3ccc(C)cc3)CC21C. The zero-order valence-electron chi connectivity index (χ0n) is 17.4. The Morgan fingerprint density at radius 1 is 1.29 bits per heavy atom. The van der Waals surface area contributed by atoms with Crippen molar-refractivity contribution in [3.05, 3.63) is 64.3 Å². The van der Waals surface area contributed by atoms with Crippen LogP contribution in [0.2, 0.25) is 0 Å². The largest absolute Gasteiger partial charge is 0.233 e. The Balaban J connectivity index is 1.57. The van der Waals surface area contributed by atoms with Crippen molar-refractivity contribution in [1.82, 2.24) is 9.78 Å². The van der Waals surface area contributed by atoms with Gasteiger partial charge in [0.1, 0.15) is 0 Å². The van der Waals surface area contributed by atoms with Gasteiger partial charge >= 0.3 is 0 Å². The molecule has 28 heavy (non-hydrogen) atoms. The molecular formula is C25H32N2S. The molecule has 0 saturated heterocycles. The second kappa shape index (κ2) is 8.32. The molecule has 1 aromatic heterocycles. The Kier molecular flexibility index (Phi) is 5.82. The molecule has 1 heterocycles. The molecule has 0 bridgehead atoms. The number of hydrogen-bond acceptors (Lipinski definition) is 2. The molecule has 0 spiro atoms. The maximum Gasteiger partial charge on any atom is 0.0700 e. The van der Waals surface area contributed by atoms with Gasteiger partial charge in [0, 0.05) is 0 Å². The van der Waals surface area contributed by atoms with E-state index < -0.39 is 0 Å². The van der Waals surface area contributed by atoms with Crippen molar-refractivity contribution < 1.29 is 0 Å². The summed E-state index contributed by atoms with van der Waals surface area (Å²) in [5.74, 6) is 0.797. The van der Waals surface area contributed by atoms with E-state index in [0.29, 0.717) is 5.41 Å². The van der Waals surface area contributed by atoms with Crippen molar-refractivity contribution in [2.75, 3.05) is 6.26 Å². The Morgan fingerprint density at radius 3 is 2.89 bits per heavy atom. The van der Waals surface area contributed by atoms with Gasteiger partial charge < -0.3 is 0 Å². The molecule has 0 amide bonds. The topological polar surface area (TPSA) is 17.8 Å². The highest BCUT2D eigenvalue weighted by Gasteiger charge is 2.42. The summed E-state index contributed by atoms with van der Waals surface area (Å²) in [7, 11) is 0. The first-order chi connectivity index (χ1) is 13.6. The third kappa shape index (κ3) is 3.74. The maximum absolute atomic E-state index is 4.77. The fourth-order valence-electron chi connectivity index (χ4n) is 5.14. The summed E-state index contributed by atoms with van der Waals surface area (Å²) < 4.78 is 2.14. The van der Waals surface area contributed by atoms with Crippen LogP contribution in [-0.2, 0) is 6.42 Å². The first-order valence-electron chi connectivity index (χ1n) is 10.6. The minimum Gasteiger partial charge on any atom is -0.233 e. The Morgan fingerprint density at radius 2 is 2.11 bits per heavy atom. The number of nitrogens with zero attached hydrogens (tertiary/aromatic N) is 2. The zero-order valence-corrected chi connectivity index (χ0v) is 18.3. The van der Waals surface area contributed by atoms with Gasteiger partial charge in [-0.2, -0.15) is 5.10 Å². The van der Waals surface area contributed by atoms with Crippen LogP contribution >= 0.6 is 11.8 Å². The normalized spacial score (nSPS) is 24.1. The van der Waals surface area contributed by atoms with E-state index >= 15 is 0 Å². The fourth-order valence-corrected chi connectivity index (χ4v) is 5.47. The Bertz CT molecular complexity index is 874. The molecule has 2 nitrogen and oxygen atoms in total. The summed E-state index contributed by atoms with van der Waals surface area (Å²) in [5, 5.41) is 6.99. The number of fused-ring (bicyclic) bond motifs is 2. The van der Waals surface area contributed by atoms with Gasteiger partial charge in [-0.15, -0.1) is 11.8 Å². The van der Waals surface area contributed by atoms with E-state index in [4.69, 9.17) is 5.10 Å². The molecule has 3 heteroatoms. The van der Waals surface area contributed by atoms with Gasteiger partial charge in [0.15, 0.2) is 0 Å². The van der Waals surface area contributed by atoms with Crippen molar-refractivity contribution in [3.63, 3.8) is 0 Å². The molecule has 0 radical (unpaired) electrons. The minimum atomic E-state index is 0.315. The summed E-state index contributed by atoms with van der Waals surface area (Å²) in [6.07, 6.45) is 18.0. The van der Waals surface area contributed by atoms with Gasteiger partial charge in [0.05, 0.1) is 17.6 Å². The van der Waals surface area contributed by atoms with Gasteiger partial charge in [0.25, 0.3) is 0 Å². The second-order valence-corrected chi connectivity index (χ2v) is 9.44. The Labute approximate surface area is 174 Å². The molecule has 1 saturated carbocycles. The predicted molar refractivity (Wildman–Crippen MR) is 122 cm³/mol. The number of aryl methyl sites for hydroxylation is 1. The first kappa shape index (κ1) is 19.6. The van der Waals surface area contributed by atoms with Crippen LogP contribution in [0, 0.1) is 18.3 Å². The third-order valence-corrected chi connectivity index (χ3v) is 7.29. The lowest BCUT2D eigenvalue weighted by molar-refractivity contribution is 0.167. The quantitative estimate of drug-likeness (QED) is 0.494. The molecule has 2 atom stereocenters. The highest BCUT2D eigenvalue weighted by molar-refractivity contribution is 8.01. The van der Waals surface area contributed by atoms with Crippen molar-refractivity contribution in [2.24, 2.45) is 11.3 Å². The van der Waals surface area contributed by atoms with E-state index in [2.05, 4.69) is 72.8 Å². The van der Waals surface area contributed by atoms with Gasteiger partial charge in [-0.3, -0.25) is 0 Å². The molecule has 1 fully saturated rings. The van der Waals surface area contributed by atoms with Crippen molar-refractivity contribution in [3.8, 4) is 5.69 Å². The van der Waals surface area contributed by atoms with E-state index in [1.807, 2.05) is 0 Å². The summed E-state index contributed by atoms with van der Waals surface area (Å²) in [5.41, 5.74) is 7.15. The van der Waals surface area contributed by atoms with E-state index in [1.54, 1.807) is 17.3 Å². The van der Waals surface area contributed by atoms with Crippen LogP contribution in [0.1, 0.15) is 62.3 Å². The summed E-state index contributed by atoms with van der Waals surface area (Å²) >= 11 is 1.80. The average molecular weight is 393 g/mol. The van der Waals surface area contributed by atoms with Crippen LogP contribution in [-0.4, -0.2) is 16.0 Å². The molecule has 0 N–H and O–H groups in total. The van der Waals surface area contributed by atoms with Crippen LogP contribution in [0.25, 0.3) is 11.8 Å². The summed E-state index contributed by atoms with van der Waals surface area (Å²) in [6.45, 7) is 4.65. The van der Waals surface area contributed by atoms with E-state index in [0.717, 1.165) is 12.3 Å². The van der Waals surface area contributed by atoms with E-state index in [1.165, 1.54) is 61.0 Å². The van der Waals surface area contributed by atoms with Gasteiger partial charge in [-0.05, 0) is 98.6 Å². The predicted octanol–water partition coefficient (Wildman–Crippen LogP) is 6.97. The van der Waals surface area contributed by atoms with Crippen LogP contribution in [0.3, 0.4) is 0 Å². The molecule has 0 aliphatic heterocycles. The van der Waals surface area contributed by atoms with Crippen LogP contribution in [0.4, 0.5) is 0 Å². The third-order valence-electron chi connectivity index (χ3n) is 6.82. The van der Waals surface area contributed by atoms with Crippen LogP contribution in [0.15, 0.2) is 47.5 Å². The lowest BCUT2D eigenvalue weighted by atomic mass is 9.58. The van der Waals surface area contributed by atoms with Gasteiger partial charge in [-0.1, -0.05) is 36.3 Å². The number of rotatable bonds is 6. The highest BCUT2D eigenvalue weighted by Crippen LogP contribution is 2.52. The minimum absolute atomic E-state index is 0.315. The van der Waals surface area contributed by atoms with Gasteiger partial charge in [0.2, 0.25) is 0 Å². The van der Waals surface area contributed by atoms with Crippen molar-refractivity contribution in [1.29, 1.82) is 0 Å². The van der Waals surface area contributed by atoms with Crippen LogP contribution in [0.5, 0.6) is 0 Å². The molecular weight excluding hydrogens is 360 g/mol. The lowest BCUT2D eigenvalue weighted by Gasteiger charge is -2.46. The summed E-state index contributed by atoms with van der Waals surface area (Å²) in [6, 6.07) is 8.71. The molecule has 2 aliphatic rings. The average Bonchev–Trinajstić information content (AvgIpc) is 3.09. The zero-order chi connectivity index (χ0) is 19.6. The molecule has 2 aliphatic carbocycles. The van der Waals surface area contributed by atoms with E-state index in [-0.39, 0.29) is 0 Å². The lowest BCUT2D eigenvalue weighted by Crippen LogP contribution is -2.37. The first-order valence-corrected chi connectivity index (χ1v) is 11.9. The number of unbranched alkanes of at least 4 members (excludes halogenated alkanes) is 1. The fraction of sp³-hybridized carbons (Fsp3) is 0.480. The highest BCUT2D eigenvalue weighted by atomic mass is 32.2. The number of aromatic nitrogens is 2. The smallest absolute Gasteiger partial charge is 0.0700 e. The number of thioether (sulfide) groups is 1. The van der Waals surface area contributed by atoms with E-state index in [9.17, 15) is 0 Å². The van der Waals surface area contributed by atoms with Gasteiger partial charge in [-0.25, -0.2) is 4.68 Å². The monoisotopic (exact) mass is 392 g/mol. The molecule has 1 aromatic carbocycles. The standard InChI is InChI=1S/C25H32N2S/c1-19-11-13-23(14-12-19)27-24-16-22-10-7-9-21(8-5-4-6-15-28-3)25(22,2)17-20(24)18-26-27/h6,11-16,18,21H,4-5,7-10,17H2,1-3H3/b15-6-. The molecule has 4 rings (SSSR count). The number of allylic oxidation sites excluding steroid dienone is 2. The molecule has 2 aromatic rings. The van der Waals surface area contributed by atoms with Crippen molar-refractivity contribution in [2.45, 2.75) is 58.8 Å². The molecule has 2 unspecified atom stereocenters. The van der Waals surface area contributed by atoms with Crippen molar-refractivity contribution >= 4 is 17.8 Å². The Hall–Kier alpha value is -1.74. The second-order valence-electron chi connectivity index (χ2n) is 8.69. The van der Waals surface area contributed by atoms with Crippen LogP contribution < -0.4 is 0 Å². The molecule has 148 valence electrons. The summed E-state index contributed by atoms with van der Waals surface area (Å²) in [4.78, 5) is 0. The number of hydrogen-bond donors (Lipinski definition) is 0. The maximum atomic E-state index is 4.77.